The highest BCUT2D eigenvalue weighted by molar-refractivity contribution is 7.99. The van der Waals surface area contributed by atoms with Crippen LogP contribution in [0, 0.1) is 0 Å². The van der Waals surface area contributed by atoms with Crippen LogP contribution in [0.2, 0.25) is 0 Å². The molecule has 2 aliphatic heterocycles. The molecule has 3 N–H and O–H groups in total. The molecule has 28 heavy (non-hydrogen) atoms. The monoisotopic (exact) mass is 407 g/mol. The van der Waals surface area contributed by atoms with E-state index in [1.54, 1.807) is 12.1 Å². The molecule has 3 rings (SSSR count). The van der Waals surface area contributed by atoms with Gasteiger partial charge in [0.15, 0.2) is 11.5 Å². The van der Waals surface area contributed by atoms with Gasteiger partial charge < -0.3 is 25.2 Å². The van der Waals surface area contributed by atoms with Crippen LogP contribution in [0.15, 0.2) is 29.5 Å². The second-order valence-electron chi connectivity index (χ2n) is 6.46. The first-order valence-corrected chi connectivity index (χ1v) is 10.3. The maximum atomic E-state index is 12.6. The number of urea groups is 1. The van der Waals surface area contributed by atoms with Crippen LogP contribution in [0.5, 0.6) is 11.5 Å². The topological polar surface area (TPSA) is 100 Å². The number of phenolic OH excluding ortho intramolecular Hbond substituents is 1. The Kier molecular flexibility index (Phi) is 6.69. The summed E-state index contributed by atoms with van der Waals surface area (Å²) in [7, 11) is 1.32. The number of hydrogen-bond donors (Lipinski definition) is 3. The molecule has 152 valence electrons. The fourth-order valence-electron chi connectivity index (χ4n) is 3.31. The van der Waals surface area contributed by atoms with E-state index in [1.807, 2.05) is 18.7 Å². The summed E-state index contributed by atoms with van der Waals surface area (Å²) in [5, 5.41) is 15.5. The molecule has 2 amide bonds. The first-order chi connectivity index (χ1) is 13.5. The molecule has 0 aromatic heterocycles. The van der Waals surface area contributed by atoms with E-state index in [-0.39, 0.29) is 11.8 Å². The van der Waals surface area contributed by atoms with Crippen LogP contribution in [0.1, 0.15) is 18.5 Å². The van der Waals surface area contributed by atoms with E-state index in [9.17, 15) is 14.7 Å². The maximum absolute atomic E-state index is 12.6. The smallest absolute Gasteiger partial charge is 0.338 e. The first kappa shape index (κ1) is 20.3. The van der Waals surface area contributed by atoms with Crippen molar-refractivity contribution in [3.05, 3.63) is 35.0 Å². The summed E-state index contributed by atoms with van der Waals surface area (Å²) < 4.78 is 10.5. The highest BCUT2D eigenvalue weighted by Gasteiger charge is 2.34. The van der Waals surface area contributed by atoms with Gasteiger partial charge in [0.25, 0.3) is 0 Å². The number of nitrogens with zero attached hydrogens (tertiary/aromatic N) is 1. The molecule has 1 aromatic rings. The average molecular weight is 407 g/mol. The zero-order valence-electron chi connectivity index (χ0n) is 16.0. The summed E-state index contributed by atoms with van der Waals surface area (Å²) >= 11 is 1.89. The van der Waals surface area contributed by atoms with Crippen LogP contribution in [0.25, 0.3) is 0 Å². The van der Waals surface area contributed by atoms with Crippen molar-refractivity contribution in [3.8, 4) is 11.5 Å². The highest BCUT2D eigenvalue weighted by atomic mass is 32.2. The summed E-state index contributed by atoms with van der Waals surface area (Å²) in [6.45, 7) is 4.45. The molecular formula is C19H25N3O5S. The number of carbonyl (C=O) groups excluding carboxylic acids is 2. The number of phenols is 1. The summed E-state index contributed by atoms with van der Waals surface area (Å²) in [5.74, 6) is 1.83. The van der Waals surface area contributed by atoms with Crippen molar-refractivity contribution in [2.24, 2.45) is 0 Å². The van der Waals surface area contributed by atoms with Crippen molar-refractivity contribution in [2.75, 3.05) is 44.9 Å². The Labute approximate surface area is 168 Å². The van der Waals surface area contributed by atoms with E-state index in [0.717, 1.165) is 24.6 Å². The van der Waals surface area contributed by atoms with Crippen LogP contribution in [0.4, 0.5) is 4.79 Å². The number of ether oxygens (including phenoxy) is 2. The lowest BCUT2D eigenvalue weighted by atomic mass is 9.94. The molecule has 8 nitrogen and oxygen atoms in total. The van der Waals surface area contributed by atoms with Crippen molar-refractivity contribution in [1.29, 1.82) is 0 Å². The van der Waals surface area contributed by atoms with Crippen LogP contribution < -0.4 is 15.4 Å². The molecule has 9 heteroatoms. The first-order valence-electron chi connectivity index (χ1n) is 9.18. The van der Waals surface area contributed by atoms with Gasteiger partial charge in [0.1, 0.15) is 0 Å². The number of aromatic hydroxyl groups is 1. The van der Waals surface area contributed by atoms with Gasteiger partial charge in [-0.25, -0.2) is 9.59 Å². The Morgan fingerprint density at radius 2 is 2.11 bits per heavy atom. The third-order valence-electron chi connectivity index (χ3n) is 4.66. The van der Waals surface area contributed by atoms with Gasteiger partial charge in [-0.3, -0.25) is 4.90 Å². The SMILES string of the molecule is CCOc1cc(C2NC(=O)NC(CN3CCSCC3)=C2C(=O)OC)ccc1O. The summed E-state index contributed by atoms with van der Waals surface area (Å²) in [6, 6.07) is 3.70. The van der Waals surface area contributed by atoms with Crippen molar-refractivity contribution in [1.82, 2.24) is 15.5 Å². The van der Waals surface area contributed by atoms with Gasteiger partial charge in [0, 0.05) is 36.8 Å². The molecule has 1 aromatic carbocycles. The van der Waals surface area contributed by atoms with Gasteiger partial charge in [-0.1, -0.05) is 6.07 Å². The van der Waals surface area contributed by atoms with E-state index in [0.29, 0.717) is 35.7 Å². The minimum atomic E-state index is -0.699. The van der Waals surface area contributed by atoms with E-state index in [1.165, 1.54) is 13.2 Å². The van der Waals surface area contributed by atoms with Gasteiger partial charge in [-0.2, -0.15) is 11.8 Å². The fraction of sp³-hybridized carbons (Fsp3) is 0.474. The molecule has 2 aliphatic rings. The molecule has 1 atom stereocenters. The molecule has 0 spiro atoms. The predicted molar refractivity (Wildman–Crippen MR) is 106 cm³/mol. The Bertz CT molecular complexity index is 777. The second-order valence-corrected chi connectivity index (χ2v) is 7.69. The average Bonchev–Trinajstić information content (AvgIpc) is 2.69. The van der Waals surface area contributed by atoms with Gasteiger partial charge in [-0.15, -0.1) is 0 Å². The lowest BCUT2D eigenvalue weighted by molar-refractivity contribution is -0.136. The van der Waals surface area contributed by atoms with Crippen LogP contribution >= 0.6 is 11.8 Å². The van der Waals surface area contributed by atoms with Crippen molar-refractivity contribution < 1.29 is 24.2 Å². The van der Waals surface area contributed by atoms with Gasteiger partial charge in [-0.05, 0) is 24.6 Å². The Morgan fingerprint density at radius 3 is 2.79 bits per heavy atom. The van der Waals surface area contributed by atoms with E-state index in [2.05, 4.69) is 15.5 Å². The van der Waals surface area contributed by atoms with E-state index < -0.39 is 12.0 Å². The number of carbonyl (C=O) groups is 2. The normalized spacial score (nSPS) is 20.4. The number of methoxy groups -OCH3 is 1. The predicted octanol–water partition coefficient (Wildman–Crippen LogP) is 1.62. The third-order valence-corrected chi connectivity index (χ3v) is 5.60. The number of thioether (sulfide) groups is 1. The largest absolute Gasteiger partial charge is 0.504 e. The molecule has 1 unspecified atom stereocenters. The van der Waals surface area contributed by atoms with Gasteiger partial charge in [0.05, 0.1) is 25.3 Å². The lowest BCUT2D eigenvalue weighted by Crippen LogP contribution is -2.49. The summed E-state index contributed by atoms with van der Waals surface area (Å²) in [4.78, 5) is 27.1. The van der Waals surface area contributed by atoms with E-state index >= 15 is 0 Å². The van der Waals surface area contributed by atoms with Crippen molar-refractivity contribution >= 4 is 23.8 Å². The standard InChI is InChI=1S/C19H25N3O5S/c1-3-27-15-10-12(4-5-14(15)23)17-16(18(24)26-2)13(20-19(25)21-17)11-22-6-8-28-9-7-22/h4-5,10,17,23H,3,6-9,11H2,1-2H3,(H2,20,21,25). The number of benzene rings is 1. The molecule has 0 saturated carbocycles. The minimum Gasteiger partial charge on any atom is -0.504 e. The second kappa shape index (κ2) is 9.20. The number of amides is 2. The number of esters is 1. The van der Waals surface area contributed by atoms with Gasteiger partial charge in [0.2, 0.25) is 0 Å². The van der Waals surface area contributed by atoms with Crippen LogP contribution in [0.3, 0.4) is 0 Å². The molecule has 2 heterocycles. The van der Waals surface area contributed by atoms with Crippen LogP contribution in [-0.2, 0) is 9.53 Å². The number of nitrogens with one attached hydrogen (secondary N) is 2. The lowest BCUT2D eigenvalue weighted by Gasteiger charge is -2.33. The maximum Gasteiger partial charge on any atom is 0.338 e. The van der Waals surface area contributed by atoms with E-state index in [4.69, 9.17) is 9.47 Å². The molecule has 0 aliphatic carbocycles. The number of rotatable bonds is 6. The van der Waals surface area contributed by atoms with Gasteiger partial charge >= 0.3 is 12.0 Å². The molecular weight excluding hydrogens is 382 g/mol. The van der Waals surface area contributed by atoms with Crippen molar-refractivity contribution in [2.45, 2.75) is 13.0 Å². The quantitative estimate of drug-likeness (QED) is 0.616. The molecule has 1 fully saturated rings. The summed E-state index contributed by atoms with van der Waals surface area (Å²) in [5.41, 5.74) is 1.52. The fourth-order valence-corrected chi connectivity index (χ4v) is 4.29. The zero-order chi connectivity index (χ0) is 20.1. The summed E-state index contributed by atoms with van der Waals surface area (Å²) in [6.07, 6.45) is 0. The zero-order valence-corrected chi connectivity index (χ0v) is 16.8. The van der Waals surface area contributed by atoms with Crippen LogP contribution in [-0.4, -0.2) is 66.9 Å². The minimum absolute atomic E-state index is 0.000462. The molecule has 1 saturated heterocycles. The third kappa shape index (κ3) is 4.53. The Balaban J connectivity index is 1.99. The molecule has 0 bridgehead atoms. The Morgan fingerprint density at radius 1 is 1.36 bits per heavy atom. The Hall–Kier alpha value is -2.39. The number of hydrogen-bond acceptors (Lipinski definition) is 7. The molecule has 0 radical (unpaired) electrons. The highest BCUT2D eigenvalue weighted by Crippen LogP contribution is 2.34. The van der Waals surface area contributed by atoms with Crippen molar-refractivity contribution in [3.63, 3.8) is 0 Å².